The molecule has 0 saturated heterocycles. The molecule has 0 saturated carbocycles. The van der Waals surface area contributed by atoms with E-state index in [-0.39, 0.29) is 5.30 Å². The SMILES string of the molecule is CCCCCCCCCCCCOC(=O)c1ccc(P(=O)(O)O)cc1. The van der Waals surface area contributed by atoms with Crippen molar-refractivity contribution in [2.45, 2.75) is 71.1 Å². The fourth-order valence-electron chi connectivity index (χ4n) is 2.63. The number of esters is 1. The number of benzene rings is 1. The summed E-state index contributed by atoms with van der Waals surface area (Å²) in [5.74, 6) is -0.451. The highest BCUT2D eigenvalue weighted by Gasteiger charge is 2.17. The Hall–Kier alpha value is -1.16. The molecule has 0 bridgehead atoms. The van der Waals surface area contributed by atoms with E-state index < -0.39 is 13.6 Å². The zero-order valence-corrected chi connectivity index (χ0v) is 16.0. The van der Waals surface area contributed by atoms with E-state index in [9.17, 15) is 9.36 Å². The standard InChI is InChI=1S/C19H31O5P/c1-2-3-4-5-6-7-8-9-10-11-16-24-19(20)17-12-14-18(15-13-17)25(21,22)23/h12-15H,2-11,16H2,1H3,(H2,21,22,23). The Balaban J connectivity index is 2.08. The molecule has 1 aromatic carbocycles. The quantitative estimate of drug-likeness (QED) is 0.302. The fourth-order valence-corrected chi connectivity index (χ4v) is 3.17. The van der Waals surface area contributed by atoms with Crippen LogP contribution in [0.4, 0.5) is 0 Å². The monoisotopic (exact) mass is 370 g/mol. The van der Waals surface area contributed by atoms with Gasteiger partial charge in [0.1, 0.15) is 0 Å². The highest BCUT2D eigenvalue weighted by atomic mass is 31.2. The number of ether oxygens (including phenoxy) is 1. The van der Waals surface area contributed by atoms with Gasteiger partial charge in [-0.05, 0) is 30.7 Å². The van der Waals surface area contributed by atoms with Crippen LogP contribution in [-0.4, -0.2) is 22.4 Å². The van der Waals surface area contributed by atoms with Crippen molar-refractivity contribution in [3.8, 4) is 0 Å². The molecule has 0 radical (unpaired) electrons. The molecule has 0 aliphatic rings. The van der Waals surface area contributed by atoms with E-state index in [2.05, 4.69) is 6.92 Å². The van der Waals surface area contributed by atoms with E-state index in [1.54, 1.807) is 0 Å². The minimum absolute atomic E-state index is 0.0984. The molecule has 0 aliphatic carbocycles. The average Bonchev–Trinajstić information content (AvgIpc) is 2.59. The van der Waals surface area contributed by atoms with Gasteiger partial charge < -0.3 is 14.5 Å². The molecule has 0 aliphatic heterocycles. The lowest BCUT2D eigenvalue weighted by atomic mass is 10.1. The maximum Gasteiger partial charge on any atom is 0.356 e. The van der Waals surface area contributed by atoms with Gasteiger partial charge in [-0.25, -0.2) is 4.79 Å². The van der Waals surface area contributed by atoms with Gasteiger partial charge in [0.05, 0.1) is 17.5 Å². The first kappa shape index (κ1) is 21.9. The van der Waals surface area contributed by atoms with Gasteiger partial charge in [-0.1, -0.05) is 64.7 Å². The summed E-state index contributed by atoms with van der Waals surface area (Å²) in [6.07, 6.45) is 12.2. The number of hydrogen-bond acceptors (Lipinski definition) is 3. The predicted molar refractivity (Wildman–Crippen MR) is 100 cm³/mol. The Morgan fingerprint density at radius 3 is 1.84 bits per heavy atom. The molecule has 5 nitrogen and oxygen atoms in total. The minimum Gasteiger partial charge on any atom is -0.462 e. The topological polar surface area (TPSA) is 83.8 Å². The van der Waals surface area contributed by atoms with E-state index >= 15 is 0 Å². The van der Waals surface area contributed by atoms with Crippen LogP contribution in [0.1, 0.15) is 81.5 Å². The number of unbranched alkanes of at least 4 members (excludes halogenated alkanes) is 9. The van der Waals surface area contributed by atoms with Crippen molar-refractivity contribution < 1.29 is 23.9 Å². The first-order valence-electron chi connectivity index (χ1n) is 9.28. The Labute approximate surface area is 151 Å². The third-order valence-corrected chi connectivity index (χ3v) is 5.14. The molecule has 6 heteroatoms. The van der Waals surface area contributed by atoms with Crippen molar-refractivity contribution >= 4 is 18.9 Å². The number of hydrogen-bond donors (Lipinski definition) is 2. The highest BCUT2D eigenvalue weighted by molar-refractivity contribution is 7.60. The van der Waals surface area contributed by atoms with Crippen LogP contribution in [0, 0.1) is 0 Å². The predicted octanol–water partition coefficient (Wildman–Crippen LogP) is 4.57. The molecule has 142 valence electrons. The Kier molecular flexibility index (Phi) is 10.7. The molecule has 0 heterocycles. The second-order valence-corrected chi connectivity index (χ2v) is 8.01. The van der Waals surface area contributed by atoms with Crippen LogP contribution in [0.2, 0.25) is 0 Å². The van der Waals surface area contributed by atoms with E-state index in [0.717, 1.165) is 12.8 Å². The first-order chi connectivity index (χ1) is 11.9. The molecule has 0 spiro atoms. The lowest BCUT2D eigenvalue weighted by Gasteiger charge is -2.07. The molecular weight excluding hydrogens is 339 g/mol. The van der Waals surface area contributed by atoms with Gasteiger partial charge in [-0.3, -0.25) is 4.57 Å². The Bertz CT molecular complexity index is 535. The molecular formula is C19H31O5P. The van der Waals surface area contributed by atoms with E-state index in [1.807, 2.05) is 0 Å². The molecule has 0 atom stereocenters. The summed E-state index contributed by atoms with van der Waals surface area (Å²) in [5.41, 5.74) is 0.310. The third-order valence-electron chi connectivity index (χ3n) is 4.17. The molecule has 0 aromatic heterocycles. The smallest absolute Gasteiger partial charge is 0.356 e. The molecule has 1 aromatic rings. The van der Waals surface area contributed by atoms with Crippen molar-refractivity contribution in [1.82, 2.24) is 0 Å². The van der Waals surface area contributed by atoms with Gasteiger partial charge >= 0.3 is 13.6 Å². The number of carbonyl (C=O) groups excluding carboxylic acids is 1. The molecule has 25 heavy (non-hydrogen) atoms. The Morgan fingerprint density at radius 1 is 0.880 bits per heavy atom. The van der Waals surface area contributed by atoms with E-state index in [1.165, 1.54) is 75.6 Å². The first-order valence-corrected chi connectivity index (χ1v) is 10.9. The Morgan fingerprint density at radius 2 is 1.36 bits per heavy atom. The van der Waals surface area contributed by atoms with Crippen LogP contribution >= 0.6 is 7.60 Å². The van der Waals surface area contributed by atoms with Crippen molar-refractivity contribution in [2.75, 3.05) is 6.61 Å². The summed E-state index contributed by atoms with van der Waals surface area (Å²) in [6, 6.07) is 5.29. The number of carbonyl (C=O) groups is 1. The molecule has 2 N–H and O–H groups in total. The maximum atomic E-state index is 11.8. The average molecular weight is 370 g/mol. The fraction of sp³-hybridized carbons (Fsp3) is 0.632. The van der Waals surface area contributed by atoms with Crippen LogP contribution in [-0.2, 0) is 9.30 Å². The minimum atomic E-state index is -4.27. The molecule has 0 unspecified atom stereocenters. The molecule has 0 fully saturated rings. The summed E-state index contributed by atoms with van der Waals surface area (Å²) in [7, 11) is -4.27. The lowest BCUT2D eigenvalue weighted by molar-refractivity contribution is 0.0497. The summed E-state index contributed by atoms with van der Waals surface area (Å²) in [4.78, 5) is 29.9. The maximum absolute atomic E-state index is 11.8. The van der Waals surface area contributed by atoms with Gasteiger partial charge in [-0.15, -0.1) is 0 Å². The second-order valence-electron chi connectivity index (χ2n) is 6.41. The normalized spacial score (nSPS) is 11.5. The van der Waals surface area contributed by atoms with Gasteiger partial charge in [0.25, 0.3) is 0 Å². The van der Waals surface area contributed by atoms with Gasteiger partial charge in [0.2, 0.25) is 0 Å². The summed E-state index contributed by atoms with van der Waals surface area (Å²) >= 11 is 0. The van der Waals surface area contributed by atoms with Crippen molar-refractivity contribution in [3.05, 3.63) is 29.8 Å². The second kappa shape index (κ2) is 12.2. The van der Waals surface area contributed by atoms with Crippen LogP contribution in [0.25, 0.3) is 0 Å². The third kappa shape index (κ3) is 9.78. The zero-order chi connectivity index (χ0) is 18.5. The van der Waals surface area contributed by atoms with Crippen molar-refractivity contribution in [3.63, 3.8) is 0 Å². The summed E-state index contributed by atoms with van der Waals surface area (Å²) in [6.45, 7) is 2.61. The highest BCUT2D eigenvalue weighted by Crippen LogP contribution is 2.32. The van der Waals surface area contributed by atoms with Crippen LogP contribution in [0.15, 0.2) is 24.3 Å². The summed E-state index contributed by atoms with van der Waals surface area (Å²) < 4.78 is 16.3. The van der Waals surface area contributed by atoms with Crippen LogP contribution < -0.4 is 5.30 Å². The zero-order valence-electron chi connectivity index (χ0n) is 15.2. The van der Waals surface area contributed by atoms with Gasteiger partial charge in [0, 0.05) is 0 Å². The van der Waals surface area contributed by atoms with E-state index in [0.29, 0.717) is 12.2 Å². The van der Waals surface area contributed by atoms with Gasteiger partial charge in [-0.2, -0.15) is 0 Å². The molecule has 1 rings (SSSR count). The molecule has 0 amide bonds. The summed E-state index contributed by atoms with van der Waals surface area (Å²) in [5, 5.41) is -0.0984. The van der Waals surface area contributed by atoms with Gasteiger partial charge in [0.15, 0.2) is 0 Å². The lowest BCUT2D eigenvalue weighted by Crippen LogP contribution is -2.09. The van der Waals surface area contributed by atoms with E-state index in [4.69, 9.17) is 14.5 Å². The van der Waals surface area contributed by atoms with Crippen molar-refractivity contribution in [1.29, 1.82) is 0 Å². The largest absolute Gasteiger partial charge is 0.462 e. The van der Waals surface area contributed by atoms with Crippen LogP contribution in [0.5, 0.6) is 0 Å². The number of rotatable bonds is 13. The van der Waals surface area contributed by atoms with Crippen molar-refractivity contribution in [2.24, 2.45) is 0 Å². The van der Waals surface area contributed by atoms with Crippen LogP contribution in [0.3, 0.4) is 0 Å².